The van der Waals surface area contributed by atoms with E-state index < -0.39 is 22.0 Å². The Morgan fingerprint density at radius 3 is 2.68 bits per heavy atom. The lowest BCUT2D eigenvalue weighted by atomic mass is 10.2. The van der Waals surface area contributed by atoms with Gasteiger partial charge in [-0.05, 0) is 12.1 Å². The van der Waals surface area contributed by atoms with Crippen molar-refractivity contribution in [3.8, 4) is 18.1 Å². The Morgan fingerprint density at radius 2 is 2.16 bits per heavy atom. The first-order valence-electron chi connectivity index (χ1n) is 5.24. The van der Waals surface area contributed by atoms with Crippen LogP contribution >= 0.6 is 0 Å². The normalized spacial score (nSPS) is 12.4. The second kappa shape index (κ2) is 6.22. The van der Waals surface area contributed by atoms with Crippen molar-refractivity contribution in [3.63, 3.8) is 0 Å². The number of nitrogens with one attached hydrogen (secondary N) is 1. The summed E-state index contributed by atoms with van der Waals surface area (Å²) in [4.78, 5) is 10.8. The van der Waals surface area contributed by atoms with Crippen molar-refractivity contribution >= 4 is 16.0 Å². The van der Waals surface area contributed by atoms with Gasteiger partial charge in [-0.2, -0.15) is 4.72 Å². The minimum atomic E-state index is -4.02. The molecule has 0 amide bonds. The van der Waals surface area contributed by atoms with Gasteiger partial charge in [0.1, 0.15) is 16.7 Å². The Morgan fingerprint density at radius 1 is 1.53 bits per heavy atom. The molecule has 1 unspecified atom stereocenters. The Hall–Kier alpha value is -2.04. The van der Waals surface area contributed by atoms with Crippen molar-refractivity contribution in [1.82, 2.24) is 4.72 Å². The number of para-hydroxylation sites is 1. The minimum Gasteiger partial charge on any atom is -0.495 e. The van der Waals surface area contributed by atoms with Gasteiger partial charge in [0.05, 0.1) is 7.11 Å². The molecular formula is C12H13NO5S. The number of aliphatic carboxylic acids is 1. The summed E-state index contributed by atoms with van der Waals surface area (Å²) in [5.74, 6) is 0.901. The molecule has 0 aliphatic rings. The number of carboxylic acids is 1. The van der Waals surface area contributed by atoms with Gasteiger partial charge in [-0.25, -0.2) is 8.42 Å². The van der Waals surface area contributed by atoms with Crippen molar-refractivity contribution in [2.75, 3.05) is 7.11 Å². The molecule has 0 spiro atoms. The summed E-state index contributed by atoms with van der Waals surface area (Å²) in [6.07, 6.45) is 4.76. The Bertz CT molecular complexity index is 603. The molecule has 0 aliphatic heterocycles. The third-order valence-corrected chi connectivity index (χ3v) is 3.79. The first-order valence-corrected chi connectivity index (χ1v) is 6.72. The van der Waals surface area contributed by atoms with Crippen LogP contribution < -0.4 is 9.46 Å². The molecule has 0 fully saturated rings. The number of hydrogen-bond acceptors (Lipinski definition) is 4. The van der Waals surface area contributed by atoms with Crippen LogP contribution in [0.15, 0.2) is 29.2 Å². The highest BCUT2D eigenvalue weighted by Gasteiger charge is 2.26. The fraction of sp³-hybridized carbons (Fsp3) is 0.250. The van der Waals surface area contributed by atoms with Crippen molar-refractivity contribution in [2.24, 2.45) is 0 Å². The molecule has 7 heteroatoms. The van der Waals surface area contributed by atoms with E-state index in [1.165, 1.54) is 25.3 Å². The SMILES string of the molecule is C#CCC(NS(=O)(=O)c1ccccc1OC)C(=O)O. The standard InChI is InChI=1S/C12H13NO5S/c1-3-6-9(12(14)15)13-19(16,17)11-8-5-4-7-10(11)18-2/h1,4-5,7-9,13H,6H2,2H3,(H,14,15). The average molecular weight is 283 g/mol. The van der Waals surface area contributed by atoms with E-state index in [0.29, 0.717) is 0 Å². The van der Waals surface area contributed by atoms with Gasteiger partial charge >= 0.3 is 5.97 Å². The first-order chi connectivity index (χ1) is 8.92. The number of ether oxygens (including phenoxy) is 1. The van der Waals surface area contributed by atoms with E-state index in [-0.39, 0.29) is 17.1 Å². The number of rotatable bonds is 6. The van der Waals surface area contributed by atoms with Crippen molar-refractivity contribution in [2.45, 2.75) is 17.4 Å². The van der Waals surface area contributed by atoms with Crippen LogP contribution in [-0.2, 0) is 14.8 Å². The van der Waals surface area contributed by atoms with Crippen molar-refractivity contribution < 1.29 is 23.1 Å². The Labute approximate surface area is 111 Å². The van der Waals surface area contributed by atoms with E-state index in [1.807, 2.05) is 4.72 Å². The van der Waals surface area contributed by atoms with E-state index in [4.69, 9.17) is 16.3 Å². The Kier molecular flexibility index (Phi) is 4.92. The van der Waals surface area contributed by atoms with Gasteiger partial charge in [0, 0.05) is 6.42 Å². The molecule has 6 nitrogen and oxygen atoms in total. The van der Waals surface area contributed by atoms with Crippen LogP contribution in [0, 0.1) is 12.3 Å². The van der Waals surface area contributed by atoms with E-state index in [2.05, 4.69) is 5.92 Å². The van der Waals surface area contributed by atoms with E-state index in [1.54, 1.807) is 6.07 Å². The second-order valence-electron chi connectivity index (χ2n) is 3.57. The maximum atomic E-state index is 12.1. The third kappa shape index (κ3) is 3.71. The summed E-state index contributed by atoms with van der Waals surface area (Å²) >= 11 is 0. The third-order valence-electron chi connectivity index (χ3n) is 2.28. The molecule has 102 valence electrons. The van der Waals surface area contributed by atoms with Gasteiger partial charge in [-0.1, -0.05) is 12.1 Å². The number of hydrogen-bond donors (Lipinski definition) is 2. The number of terminal acetylenes is 1. The van der Waals surface area contributed by atoms with Crippen molar-refractivity contribution in [3.05, 3.63) is 24.3 Å². The molecule has 0 aromatic heterocycles. The molecule has 1 rings (SSSR count). The molecule has 0 saturated carbocycles. The first kappa shape index (κ1) is 15.0. The lowest BCUT2D eigenvalue weighted by Gasteiger charge is -2.14. The predicted octanol–water partition coefficient (Wildman–Crippen LogP) is 0.450. The van der Waals surface area contributed by atoms with Crippen molar-refractivity contribution in [1.29, 1.82) is 0 Å². The number of sulfonamides is 1. The van der Waals surface area contributed by atoms with Crippen LogP contribution in [0.1, 0.15) is 6.42 Å². The summed E-state index contributed by atoms with van der Waals surface area (Å²) in [5, 5.41) is 8.89. The maximum Gasteiger partial charge on any atom is 0.322 e. The van der Waals surface area contributed by atoms with Gasteiger partial charge in [-0.3, -0.25) is 4.79 Å². The van der Waals surface area contributed by atoms with Crippen LogP contribution in [-0.4, -0.2) is 32.6 Å². The number of methoxy groups -OCH3 is 1. The molecule has 0 bridgehead atoms. The summed E-state index contributed by atoms with van der Waals surface area (Å²) < 4.78 is 31.1. The Balaban J connectivity index is 3.11. The fourth-order valence-corrected chi connectivity index (χ4v) is 2.75. The molecule has 0 radical (unpaired) electrons. The van der Waals surface area contributed by atoms with E-state index >= 15 is 0 Å². The quantitative estimate of drug-likeness (QED) is 0.739. The van der Waals surface area contributed by atoms with Crippen LogP contribution in [0.2, 0.25) is 0 Å². The summed E-state index contributed by atoms with van der Waals surface area (Å²) in [7, 11) is -2.70. The van der Waals surface area contributed by atoms with Gasteiger partial charge in [0.15, 0.2) is 0 Å². The van der Waals surface area contributed by atoms with Crippen LogP contribution in [0.4, 0.5) is 0 Å². The zero-order chi connectivity index (χ0) is 14.5. The zero-order valence-electron chi connectivity index (χ0n) is 10.2. The molecule has 0 saturated heterocycles. The predicted molar refractivity (Wildman–Crippen MR) is 68.2 cm³/mol. The summed E-state index contributed by atoms with van der Waals surface area (Å²) in [6, 6.07) is 4.52. The average Bonchev–Trinajstić information content (AvgIpc) is 2.38. The highest BCUT2D eigenvalue weighted by Crippen LogP contribution is 2.22. The lowest BCUT2D eigenvalue weighted by molar-refractivity contribution is -0.138. The van der Waals surface area contributed by atoms with Crippen LogP contribution in [0.25, 0.3) is 0 Å². The summed E-state index contributed by atoms with van der Waals surface area (Å²) in [6.45, 7) is 0. The molecule has 0 heterocycles. The molecular weight excluding hydrogens is 270 g/mol. The molecule has 19 heavy (non-hydrogen) atoms. The lowest BCUT2D eigenvalue weighted by Crippen LogP contribution is -2.40. The zero-order valence-corrected chi connectivity index (χ0v) is 11.0. The maximum absolute atomic E-state index is 12.1. The van der Waals surface area contributed by atoms with Gasteiger partial charge in [-0.15, -0.1) is 12.3 Å². The van der Waals surface area contributed by atoms with E-state index in [0.717, 1.165) is 0 Å². The largest absolute Gasteiger partial charge is 0.495 e. The van der Waals surface area contributed by atoms with E-state index in [9.17, 15) is 13.2 Å². The second-order valence-corrected chi connectivity index (χ2v) is 5.25. The minimum absolute atomic E-state index is 0.125. The molecule has 1 atom stereocenters. The van der Waals surface area contributed by atoms with Gasteiger partial charge in [0.2, 0.25) is 10.0 Å². The van der Waals surface area contributed by atoms with Crippen LogP contribution in [0.3, 0.4) is 0 Å². The number of carboxylic acid groups (broad SMARTS) is 1. The van der Waals surface area contributed by atoms with Gasteiger partial charge < -0.3 is 9.84 Å². The summed E-state index contributed by atoms with van der Waals surface area (Å²) in [5.41, 5.74) is 0. The topological polar surface area (TPSA) is 92.7 Å². The highest BCUT2D eigenvalue weighted by atomic mass is 32.2. The number of carbonyl (C=O) groups is 1. The molecule has 1 aromatic carbocycles. The van der Waals surface area contributed by atoms with Crippen LogP contribution in [0.5, 0.6) is 5.75 Å². The molecule has 0 aliphatic carbocycles. The highest BCUT2D eigenvalue weighted by molar-refractivity contribution is 7.89. The number of benzene rings is 1. The molecule has 2 N–H and O–H groups in total. The monoisotopic (exact) mass is 283 g/mol. The van der Waals surface area contributed by atoms with Gasteiger partial charge in [0.25, 0.3) is 0 Å². The smallest absolute Gasteiger partial charge is 0.322 e. The fourth-order valence-electron chi connectivity index (χ4n) is 1.39. The molecule has 1 aromatic rings.